The van der Waals surface area contributed by atoms with E-state index in [-0.39, 0.29) is 16.7 Å². The fourth-order valence-electron chi connectivity index (χ4n) is 3.65. The highest BCUT2D eigenvalue weighted by atomic mass is 79.9. The van der Waals surface area contributed by atoms with Crippen molar-refractivity contribution in [2.45, 2.75) is 21.4 Å². The maximum atomic E-state index is 6.89. The third-order valence-corrected chi connectivity index (χ3v) is 7.89. The van der Waals surface area contributed by atoms with Crippen molar-refractivity contribution < 1.29 is 9.47 Å². The second kappa shape index (κ2) is 5.40. The van der Waals surface area contributed by atoms with Gasteiger partial charge in [-0.1, -0.05) is 69.5 Å². The third-order valence-electron chi connectivity index (χ3n) is 4.56. The minimum atomic E-state index is -1.09. The van der Waals surface area contributed by atoms with E-state index in [4.69, 9.17) is 44.3 Å². The Bertz CT molecular complexity index is 588. The van der Waals surface area contributed by atoms with Gasteiger partial charge in [-0.3, -0.25) is 0 Å². The second-order valence-electron chi connectivity index (χ2n) is 5.27. The predicted molar refractivity (Wildman–Crippen MR) is 89.5 cm³/mol. The van der Waals surface area contributed by atoms with Gasteiger partial charge in [0.15, 0.2) is 0 Å². The number of ether oxygens (including phenoxy) is 2. The Morgan fingerprint density at radius 1 is 1.10 bits per heavy atom. The lowest BCUT2D eigenvalue weighted by Crippen LogP contribution is -2.52. The van der Waals surface area contributed by atoms with Crippen LogP contribution in [-0.4, -0.2) is 29.7 Å². The Kier molecular flexibility index (Phi) is 4.14. The first kappa shape index (κ1) is 16.1. The van der Waals surface area contributed by atoms with Gasteiger partial charge in [-0.15, -0.1) is 11.6 Å². The molecular weight excluding hydrogens is 398 g/mol. The van der Waals surface area contributed by atoms with Crippen LogP contribution in [0.15, 0.2) is 40.4 Å². The zero-order valence-corrected chi connectivity index (χ0v) is 15.3. The molecule has 21 heavy (non-hydrogen) atoms. The molecule has 0 saturated heterocycles. The van der Waals surface area contributed by atoms with Gasteiger partial charge >= 0.3 is 0 Å². The first-order valence-corrected chi connectivity index (χ1v) is 8.54. The number of hydrogen-bond acceptors (Lipinski definition) is 2. The topological polar surface area (TPSA) is 18.5 Å². The van der Waals surface area contributed by atoms with E-state index < -0.39 is 10.7 Å². The standard InChI is InChI=1S/C15H14BrCl3O2/c1-20-15(21-2)10-9(8-6-4-3-5-7-8)12(16)14(15,19)13(18)11(10)17/h3-7,9-10,12H,1-2H3/t9-,10+,12+,14+/m1/s1. The van der Waals surface area contributed by atoms with Crippen molar-refractivity contribution in [2.75, 3.05) is 14.2 Å². The normalized spacial score (nSPS) is 37.3. The van der Waals surface area contributed by atoms with Crippen LogP contribution in [0.2, 0.25) is 0 Å². The number of alkyl halides is 2. The maximum Gasteiger partial charge on any atom is 0.201 e. The van der Waals surface area contributed by atoms with Crippen molar-refractivity contribution in [1.29, 1.82) is 0 Å². The first-order chi connectivity index (χ1) is 9.95. The zero-order valence-electron chi connectivity index (χ0n) is 11.4. The Morgan fingerprint density at radius 2 is 1.67 bits per heavy atom. The minimum absolute atomic E-state index is 0.0126. The molecule has 0 aromatic heterocycles. The van der Waals surface area contributed by atoms with E-state index in [1.54, 1.807) is 14.2 Å². The molecule has 6 heteroatoms. The summed E-state index contributed by atoms with van der Waals surface area (Å²) in [6, 6.07) is 10.0. The Hall–Kier alpha value is 0.230. The molecule has 2 aliphatic carbocycles. The summed E-state index contributed by atoms with van der Waals surface area (Å²) in [7, 11) is 3.14. The molecule has 0 heterocycles. The van der Waals surface area contributed by atoms with Crippen molar-refractivity contribution in [1.82, 2.24) is 0 Å². The van der Waals surface area contributed by atoms with E-state index in [0.29, 0.717) is 10.1 Å². The fraction of sp³-hybridized carbons (Fsp3) is 0.467. The molecule has 1 aromatic carbocycles. The van der Waals surface area contributed by atoms with Crippen LogP contribution in [0.1, 0.15) is 11.5 Å². The van der Waals surface area contributed by atoms with Crippen LogP contribution in [-0.2, 0) is 9.47 Å². The number of halogens is 4. The average molecular weight is 413 g/mol. The van der Waals surface area contributed by atoms with Crippen LogP contribution < -0.4 is 0 Å². The van der Waals surface area contributed by atoms with Crippen LogP contribution in [0.4, 0.5) is 0 Å². The van der Waals surface area contributed by atoms with E-state index >= 15 is 0 Å². The van der Waals surface area contributed by atoms with Gasteiger partial charge in [0.2, 0.25) is 5.79 Å². The number of hydrogen-bond donors (Lipinski definition) is 0. The summed E-state index contributed by atoms with van der Waals surface area (Å²) in [5.74, 6) is -1.33. The SMILES string of the molecule is COC1(OC)[C@@H]2C(Cl)=C(Cl)[C@@]1(Cl)[C@@H](Br)[C@@H]2c1ccccc1. The van der Waals surface area contributed by atoms with Crippen molar-refractivity contribution in [2.24, 2.45) is 5.92 Å². The first-order valence-electron chi connectivity index (χ1n) is 6.49. The Balaban J connectivity index is 2.21. The monoisotopic (exact) mass is 410 g/mol. The molecule has 0 amide bonds. The molecule has 0 aliphatic heterocycles. The van der Waals surface area contributed by atoms with Crippen LogP contribution >= 0.6 is 50.7 Å². The molecule has 4 atom stereocenters. The summed E-state index contributed by atoms with van der Waals surface area (Å²) >= 11 is 23.5. The highest BCUT2D eigenvalue weighted by Gasteiger charge is 2.77. The molecule has 0 radical (unpaired) electrons. The van der Waals surface area contributed by atoms with Gasteiger partial charge in [0.25, 0.3) is 0 Å². The molecule has 3 rings (SSSR count). The Morgan fingerprint density at radius 3 is 2.14 bits per heavy atom. The largest absolute Gasteiger partial charge is 0.351 e. The number of fused-ring (bicyclic) bond motifs is 2. The lowest BCUT2D eigenvalue weighted by molar-refractivity contribution is -0.224. The molecule has 2 bridgehead atoms. The van der Waals surface area contributed by atoms with Gasteiger partial charge < -0.3 is 9.47 Å². The van der Waals surface area contributed by atoms with E-state index in [1.165, 1.54) is 0 Å². The van der Waals surface area contributed by atoms with Gasteiger partial charge in [0.05, 0.1) is 15.8 Å². The molecule has 1 fully saturated rings. The summed E-state index contributed by atoms with van der Waals surface area (Å²) < 4.78 is 11.4. The number of benzene rings is 1. The highest BCUT2D eigenvalue weighted by molar-refractivity contribution is 9.09. The van der Waals surface area contributed by atoms with E-state index in [0.717, 1.165) is 5.56 Å². The second-order valence-corrected chi connectivity index (χ2v) is 7.63. The molecule has 2 nitrogen and oxygen atoms in total. The van der Waals surface area contributed by atoms with Crippen LogP contribution in [0.5, 0.6) is 0 Å². The van der Waals surface area contributed by atoms with Crippen LogP contribution in [0, 0.1) is 5.92 Å². The van der Waals surface area contributed by atoms with Crippen molar-refractivity contribution >= 4 is 50.7 Å². The van der Waals surface area contributed by atoms with Crippen molar-refractivity contribution in [3.05, 3.63) is 46.0 Å². The van der Waals surface area contributed by atoms with Crippen LogP contribution in [0.3, 0.4) is 0 Å². The number of methoxy groups -OCH3 is 2. The Labute approximate surface area is 147 Å². The van der Waals surface area contributed by atoms with Crippen molar-refractivity contribution in [3.63, 3.8) is 0 Å². The third kappa shape index (κ3) is 1.79. The van der Waals surface area contributed by atoms with Gasteiger partial charge in [-0.25, -0.2) is 0 Å². The van der Waals surface area contributed by atoms with E-state index in [9.17, 15) is 0 Å². The summed E-state index contributed by atoms with van der Waals surface area (Å²) in [6.45, 7) is 0. The summed E-state index contributed by atoms with van der Waals surface area (Å²) in [5, 5.41) is 0.911. The smallest absolute Gasteiger partial charge is 0.201 e. The highest BCUT2D eigenvalue weighted by Crippen LogP contribution is 2.71. The fourth-order valence-corrected chi connectivity index (χ4v) is 6.29. The molecule has 1 aromatic rings. The van der Waals surface area contributed by atoms with Gasteiger partial charge in [-0.05, 0) is 5.56 Å². The lowest BCUT2D eigenvalue weighted by atomic mass is 9.86. The molecule has 0 unspecified atom stereocenters. The van der Waals surface area contributed by atoms with E-state index in [1.807, 2.05) is 30.3 Å². The van der Waals surface area contributed by atoms with Gasteiger partial charge in [-0.2, -0.15) is 0 Å². The summed E-state index contributed by atoms with van der Waals surface area (Å²) in [6.07, 6.45) is 0. The quantitative estimate of drug-likeness (QED) is 0.523. The molecule has 2 aliphatic rings. The summed E-state index contributed by atoms with van der Waals surface area (Å²) in [5.41, 5.74) is 1.12. The minimum Gasteiger partial charge on any atom is -0.351 e. The molecule has 0 spiro atoms. The summed E-state index contributed by atoms with van der Waals surface area (Å²) in [4.78, 5) is -1.21. The number of rotatable bonds is 3. The van der Waals surface area contributed by atoms with E-state index in [2.05, 4.69) is 15.9 Å². The predicted octanol–water partition coefficient (Wildman–Crippen LogP) is 4.83. The molecule has 0 N–H and O–H groups in total. The lowest BCUT2D eigenvalue weighted by Gasteiger charge is -2.38. The maximum absolute atomic E-state index is 6.89. The van der Waals surface area contributed by atoms with Crippen LogP contribution in [0.25, 0.3) is 0 Å². The van der Waals surface area contributed by atoms with Gasteiger partial charge in [0, 0.05) is 25.2 Å². The van der Waals surface area contributed by atoms with Gasteiger partial charge in [0.1, 0.15) is 4.87 Å². The molecule has 114 valence electrons. The molecule has 1 saturated carbocycles. The average Bonchev–Trinajstić information content (AvgIpc) is 2.82. The zero-order chi connectivity index (χ0) is 15.4. The van der Waals surface area contributed by atoms with Crippen molar-refractivity contribution in [3.8, 4) is 0 Å². The molecular formula is C15H14BrCl3O2.